The average Bonchev–Trinajstić information content (AvgIpc) is 2.81. The Morgan fingerprint density at radius 2 is 1.92 bits per heavy atom. The Kier molecular flexibility index (Phi) is 3.04. The molecule has 0 saturated carbocycles. The molecule has 1 atom stereocenters. The van der Waals surface area contributed by atoms with Gasteiger partial charge in [0.25, 0.3) is 0 Å². The maximum Gasteiger partial charge on any atom is 0.0903 e. The summed E-state index contributed by atoms with van der Waals surface area (Å²) in [6.07, 6.45) is 0.433. The summed E-state index contributed by atoms with van der Waals surface area (Å²) in [6.45, 7) is 0.890. The summed E-state index contributed by atoms with van der Waals surface area (Å²) in [5.41, 5.74) is 0. The van der Waals surface area contributed by atoms with Crippen molar-refractivity contribution in [3.05, 3.63) is 28.2 Å². The predicted molar refractivity (Wildman–Crippen MR) is 56.9 cm³/mol. The molecule has 0 unspecified atom stereocenters. The first kappa shape index (κ1) is 9.66. The van der Waals surface area contributed by atoms with E-state index in [2.05, 4.69) is 0 Å². The van der Waals surface area contributed by atoms with Gasteiger partial charge in [-0.25, -0.2) is 0 Å². The minimum Gasteiger partial charge on any atom is -0.372 e. The van der Waals surface area contributed by atoms with Gasteiger partial charge < -0.3 is 4.74 Å². The molecule has 1 saturated heterocycles. The Balaban J connectivity index is 2.01. The third-order valence-electron chi connectivity index (χ3n) is 1.67. The van der Waals surface area contributed by atoms with Crippen LogP contribution >= 0.6 is 35.0 Å². The molecule has 0 spiro atoms. The van der Waals surface area contributed by atoms with Crippen molar-refractivity contribution in [2.24, 2.45) is 0 Å². The van der Waals surface area contributed by atoms with Crippen LogP contribution in [-0.4, -0.2) is 18.5 Å². The number of hydrogen-bond donors (Lipinski definition) is 0. The van der Waals surface area contributed by atoms with E-state index < -0.39 is 0 Å². The molecule has 1 aromatic carbocycles. The summed E-state index contributed by atoms with van der Waals surface area (Å²) < 4.78 is 5.10. The zero-order chi connectivity index (χ0) is 9.26. The third-order valence-corrected chi connectivity index (χ3v) is 3.22. The zero-order valence-electron chi connectivity index (χ0n) is 6.80. The normalized spacial score (nSPS) is 20.3. The summed E-state index contributed by atoms with van der Waals surface area (Å²) in [5.74, 6) is 0.983. The first-order chi connectivity index (χ1) is 6.24. The molecule has 2 rings (SSSR count). The second-order valence-electron chi connectivity index (χ2n) is 2.87. The topological polar surface area (TPSA) is 12.5 Å². The van der Waals surface area contributed by atoms with Crippen LogP contribution in [0.2, 0.25) is 10.0 Å². The van der Waals surface area contributed by atoms with E-state index in [-0.39, 0.29) is 0 Å². The summed E-state index contributed by atoms with van der Waals surface area (Å²) in [5, 5.41) is 1.37. The monoisotopic (exact) mass is 234 g/mol. The maximum absolute atomic E-state index is 5.85. The average molecular weight is 235 g/mol. The van der Waals surface area contributed by atoms with Gasteiger partial charge >= 0.3 is 0 Å². The molecule has 1 aliphatic rings. The Labute approximate surface area is 91.4 Å². The van der Waals surface area contributed by atoms with Gasteiger partial charge in [0, 0.05) is 20.7 Å². The number of rotatable bonds is 3. The van der Waals surface area contributed by atoms with Crippen LogP contribution in [0, 0.1) is 0 Å². The van der Waals surface area contributed by atoms with Crippen LogP contribution in [0.3, 0.4) is 0 Å². The smallest absolute Gasteiger partial charge is 0.0903 e. The van der Waals surface area contributed by atoms with Crippen molar-refractivity contribution in [1.82, 2.24) is 0 Å². The molecular weight excluding hydrogens is 227 g/mol. The lowest BCUT2D eigenvalue weighted by molar-refractivity contribution is 0.426. The number of ether oxygens (including phenoxy) is 1. The van der Waals surface area contributed by atoms with Crippen LogP contribution in [0.15, 0.2) is 23.1 Å². The first-order valence-electron chi connectivity index (χ1n) is 3.94. The molecular formula is C9H8Cl2OS. The minimum atomic E-state index is 0.433. The predicted octanol–water partition coefficient (Wildman–Crippen LogP) is 3.48. The molecule has 0 aliphatic carbocycles. The van der Waals surface area contributed by atoms with Crippen LogP contribution in [0.5, 0.6) is 0 Å². The Morgan fingerprint density at radius 1 is 1.31 bits per heavy atom. The molecule has 1 nitrogen and oxygen atoms in total. The molecule has 1 aliphatic heterocycles. The van der Waals surface area contributed by atoms with Gasteiger partial charge in [-0.05, 0) is 18.2 Å². The standard InChI is InChI=1S/C9H8Cl2OS/c10-6-1-7(11)3-9(2-6)13-5-8-4-12-8/h1-3,8H,4-5H2/t8-/m1/s1. The fourth-order valence-electron chi connectivity index (χ4n) is 0.965. The van der Waals surface area contributed by atoms with Gasteiger partial charge in [0.2, 0.25) is 0 Å². The van der Waals surface area contributed by atoms with E-state index in [9.17, 15) is 0 Å². The summed E-state index contributed by atoms with van der Waals surface area (Å²) >= 11 is 13.4. The number of halogens is 2. The highest BCUT2D eigenvalue weighted by Gasteiger charge is 2.22. The molecule has 1 heterocycles. The number of thioether (sulfide) groups is 1. The van der Waals surface area contributed by atoms with E-state index in [0.717, 1.165) is 17.3 Å². The SMILES string of the molecule is Clc1cc(Cl)cc(SC[C@H]2CO2)c1. The molecule has 0 N–H and O–H groups in total. The minimum absolute atomic E-state index is 0.433. The second-order valence-corrected chi connectivity index (χ2v) is 4.84. The van der Waals surface area contributed by atoms with E-state index in [0.29, 0.717) is 16.1 Å². The van der Waals surface area contributed by atoms with E-state index in [4.69, 9.17) is 27.9 Å². The lowest BCUT2D eigenvalue weighted by Crippen LogP contribution is -1.88. The van der Waals surface area contributed by atoms with Crippen molar-refractivity contribution in [3.63, 3.8) is 0 Å². The van der Waals surface area contributed by atoms with Gasteiger partial charge in [0.15, 0.2) is 0 Å². The number of epoxide rings is 1. The molecule has 4 heteroatoms. The van der Waals surface area contributed by atoms with Gasteiger partial charge in [-0.1, -0.05) is 23.2 Å². The quantitative estimate of drug-likeness (QED) is 0.587. The largest absolute Gasteiger partial charge is 0.372 e. The molecule has 1 aromatic rings. The van der Waals surface area contributed by atoms with Crippen molar-refractivity contribution < 1.29 is 4.74 Å². The van der Waals surface area contributed by atoms with E-state index in [1.54, 1.807) is 17.8 Å². The van der Waals surface area contributed by atoms with Gasteiger partial charge in [-0.3, -0.25) is 0 Å². The van der Waals surface area contributed by atoms with Crippen LogP contribution < -0.4 is 0 Å². The van der Waals surface area contributed by atoms with E-state index in [1.165, 1.54) is 0 Å². The van der Waals surface area contributed by atoms with Crippen molar-refractivity contribution in [2.45, 2.75) is 11.0 Å². The van der Waals surface area contributed by atoms with Crippen molar-refractivity contribution >= 4 is 35.0 Å². The fraction of sp³-hybridized carbons (Fsp3) is 0.333. The number of hydrogen-bond acceptors (Lipinski definition) is 2. The third kappa shape index (κ3) is 3.06. The first-order valence-corrected chi connectivity index (χ1v) is 5.69. The Bertz CT molecular complexity index is 292. The van der Waals surface area contributed by atoms with Crippen molar-refractivity contribution in [2.75, 3.05) is 12.4 Å². The molecule has 0 amide bonds. The van der Waals surface area contributed by atoms with Crippen molar-refractivity contribution in [1.29, 1.82) is 0 Å². The van der Waals surface area contributed by atoms with Crippen LogP contribution in [0.4, 0.5) is 0 Å². The zero-order valence-corrected chi connectivity index (χ0v) is 9.12. The second kappa shape index (κ2) is 4.09. The Hall–Kier alpha value is 0.110. The van der Waals surface area contributed by atoms with Crippen molar-refractivity contribution in [3.8, 4) is 0 Å². The molecule has 0 bridgehead atoms. The fourth-order valence-corrected chi connectivity index (χ4v) is 2.61. The van der Waals surface area contributed by atoms with Gasteiger partial charge in [-0.15, -0.1) is 11.8 Å². The summed E-state index contributed by atoms with van der Waals surface area (Å²) in [6, 6.07) is 5.57. The van der Waals surface area contributed by atoms with Crippen LogP contribution in [-0.2, 0) is 4.74 Å². The molecule has 70 valence electrons. The van der Waals surface area contributed by atoms with Crippen LogP contribution in [0.1, 0.15) is 0 Å². The van der Waals surface area contributed by atoms with Crippen LogP contribution in [0.25, 0.3) is 0 Å². The highest BCUT2D eigenvalue weighted by Crippen LogP contribution is 2.28. The lowest BCUT2D eigenvalue weighted by Gasteiger charge is -2.00. The van der Waals surface area contributed by atoms with E-state index >= 15 is 0 Å². The Morgan fingerprint density at radius 3 is 2.46 bits per heavy atom. The number of benzene rings is 1. The summed E-state index contributed by atoms with van der Waals surface area (Å²) in [4.78, 5) is 1.10. The molecule has 13 heavy (non-hydrogen) atoms. The molecule has 0 aromatic heterocycles. The van der Waals surface area contributed by atoms with E-state index in [1.807, 2.05) is 12.1 Å². The summed E-state index contributed by atoms with van der Waals surface area (Å²) in [7, 11) is 0. The van der Waals surface area contributed by atoms with Gasteiger partial charge in [0.05, 0.1) is 12.7 Å². The van der Waals surface area contributed by atoms with Gasteiger partial charge in [-0.2, -0.15) is 0 Å². The highest BCUT2D eigenvalue weighted by molar-refractivity contribution is 7.99. The lowest BCUT2D eigenvalue weighted by atomic mass is 10.4. The van der Waals surface area contributed by atoms with Gasteiger partial charge in [0.1, 0.15) is 0 Å². The molecule has 0 radical (unpaired) electrons. The maximum atomic E-state index is 5.85. The highest BCUT2D eigenvalue weighted by atomic mass is 35.5. The molecule has 1 fully saturated rings.